The minimum atomic E-state index is 0.0415. The Kier molecular flexibility index (Phi) is 7.42. The maximum Gasteiger partial charge on any atom is 0.253 e. The van der Waals surface area contributed by atoms with Crippen LogP contribution in [0, 0.1) is 0 Å². The SMILES string of the molecule is CCN(CC)CCC(=O)N1CCN(C(=O)c2ccc(-c3ccccc3)cc2)CC1. The van der Waals surface area contributed by atoms with Crippen LogP contribution in [-0.2, 0) is 4.79 Å². The van der Waals surface area contributed by atoms with E-state index in [4.69, 9.17) is 0 Å². The van der Waals surface area contributed by atoms with Crippen molar-refractivity contribution < 1.29 is 9.59 Å². The van der Waals surface area contributed by atoms with Crippen LogP contribution in [0.25, 0.3) is 11.1 Å². The Bertz CT molecular complexity index is 793. The van der Waals surface area contributed by atoms with Gasteiger partial charge in [-0.15, -0.1) is 0 Å². The van der Waals surface area contributed by atoms with Gasteiger partial charge >= 0.3 is 0 Å². The zero-order valence-corrected chi connectivity index (χ0v) is 17.5. The summed E-state index contributed by atoms with van der Waals surface area (Å²) >= 11 is 0. The predicted octanol–water partition coefficient (Wildman–Crippen LogP) is 3.37. The maximum absolute atomic E-state index is 12.8. The van der Waals surface area contributed by atoms with Gasteiger partial charge in [-0.25, -0.2) is 0 Å². The van der Waals surface area contributed by atoms with Crippen molar-refractivity contribution in [1.29, 1.82) is 0 Å². The Hall–Kier alpha value is -2.66. The highest BCUT2D eigenvalue weighted by Crippen LogP contribution is 2.20. The number of hydrogen-bond donors (Lipinski definition) is 0. The largest absolute Gasteiger partial charge is 0.339 e. The zero-order valence-electron chi connectivity index (χ0n) is 17.5. The molecule has 1 aliphatic heterocycles. The second-order valence-electron chi connectivity index (χ2n) is 7.39. The summed E-state index contributed by atoms with van der Waals surface area (Å²) in [7, 11) is 0. The second-order valence-corrected chi connectivity index (χ2v) is 7.39. The van der Waals surface area contributed by atoms with Crippen molar-refractivity contribution in [2.45, 2.75) is 20.3 Å². The molecule has 1 fully saturated rings. The molecular weight excluding hydrogens is 362 g/mol. The summed E-state index contributed by atoms with van der Waals surface area (Å²) in [6.45, 7) is 9.39. The van der Waals surface area contributed by atoms with Gasteiger partial charge in [-0.2, -0.15) is 0 Å². The number of amides is 2. The van der Waals surface area contributed by atoms with Crippen LogP contribution in [-0.4, -0.2) is 72.3 Å². The van der Waals surface area contributed by atoms with Crippen molar-refractivity contribution in [1.82, 2.24) is 14.7 Å². The van der Waals surface area contributed by atoms with Gasteiger partial charge in [0.1, 0.15) is 0 Å². The monoisotopic (exact) mass is 393 g/mol. The van der Waals surface area contributed by atoms with Gasteiger partial charge in [0.25, 0.3) is 5.91 Å². The maximum atomic E-state index is 12.8. The molecule has 1 saturated heterocycles. The molecule has 3 rings (SSSR count). The number of carbonyl (C=O) groups excluding carboxylic acids is 2. The Balaban J connectivity index is 1.51. The molecule has 5 heteroatoms. The van der Waals surface area contributed by atoms with Crippen molar-refractivity contribution in [3.8, 4) is 11.1 Å². The summed E-state index contributed by atoms with van der Waals surface area (Å²) < 4.78 is 0. The molecule has 0 radical (unpaired) electrons. The van der Waals surface area contributed by atoms with E-state index in [9.17, 15) is 9.59 Å². The summed E-state index contributed by atoms with van der Waals surface area (Å²) in [6, 6.07) is 17.9. The predicted molar refractivity (Wildman–Crippen MR) is 117 cm³/mol. The third-order valence-corrected chi connectivity index (χ3v) is 5.69. The van der Waals surface area contributed by atoms with Crippen molar-refractivity contribution in [3.63, 3.8) is 0 Å². The summed E-state index contributed by atoms with van der Waals surface area (Å²) in [4.78, 5) is 31.3. The minimum Gasteiger partial charge on any atom is -0.339 e. The molecule has 0 N–H and O–H groups in total. The van der Waals surface area contributed by atoms with E-state index in [0.29, 0.717) is 38.2 Å². The first-order valence-corrected chi connectivity index (χ1v) is 10.6. The summed E-state index contributed by atoms with van der Waals surface area (Å²) in [5, 5.41) is 0. The van der Waals surface area contributed by atoms with Crippen LogP contribution in [0.4, 0.5) is 0 Å². The minimum absolute atomic E-state index is 0.0415. The molecule has 0 spiro atoms. The lowest BCUT2D eigenvalue weighted by Gasteiger charge is -2.35. The van der Waals surface area contributed by atoms with Gasteiger partial charge in [0.05, 0.1) is 0 Å². The van der Waals surface area contributed by atoms with Crippen LogP contribution in [0.15, 0.2) is 54.6 Å². The zero-order chi connectivity index (χ0) is 20.6. The van der Waals surface area contributed by atoms with Crippen LogP contribution in [0.3, 0.4) is 0 Å². The first-order valence-electron chi connectivity index (χ1n) is 10.6. The van der Waals surface area contributed by atoms with Gasteiger partial charge in [0.15, 0.2) is 0 Å². The molecule has 2 amide bonds. The van der Waals surface area contributed by atoms with E-state index in [1.807, 2.05) is 52.3 Å². The molecule has 154 valence electrons. The van der Waals surface area contributed by atoms with E-state index < -0.39 is 0 Å². The van der Waals surface area contributed by atoms with Gasteiger partial charge < -0.3 is 14.7 Å². The lowest BCUT2D eigenvalue weighted by Crippen LogP contribution is -2.51. The summed E-state index contributed by atoms with van der Waals surface area (Å²) in [5.74, 6) is 0.232. The molecule has 5 nitrogen and oxygen atoms in total. The second kappa shape index (κ2) is 10.2. The molecule has 1 heterocycles. The molecule has 0 atom stereocenters. The molecule has 2 aromatic rings. The normalized spacial score (nSPS) is 14.3. The van der Waals surface area contributed by atoms with Crippen LogP contribution >= 0.6 is 0 Å². The van der Waals surface area contributed by atoms with Crippen molar-refractivity contribution in [2.24, 2.45) is 0 Å². The standard InChI is InChI=1S/C24H31N3O2/c1-3-25(4-2)15-14-23(28)26-16-18-27(19-17-26)24(29)22-12-10-21(11-13-22)20-8-6-5-7-9-20/h5-13H,3-4,14-19H2,1-2H3. The third kappa shape index (κ3) is 5.45. The Labute approximate surface area is 173 Å². The average molecular weight is 394 g/mol. The van der Waals surface area contributed by atoms with Crippen molar-refractivity contribution in [2.75, 3.05) is 45.8 Å². The molecule has 1 aliphatic rings. The first-order chi connectivity index (χ1) is 14.1. The highest BCUT2D eigenvalue weighted by atomic mass is 16.2. The van der Waals surface area contributed by atoms with Crippen molar-refractivity contribution in [3.05, 3.63) is 60.2 Å². The Morgan fingerprint density at radius 2 is 1.34 bits per heavy atom. The molecule has 2 aromatic carbocycles. The molecular formula is C24H31N3O2. The number of piperazine rings is 1. The lowest BCUT2D eigenvalue weighted by molar-refractivity contribution is -0.133. The van der Waals surface area contributed by atoms with Crippen LogP contribution in [0.2, 0.25) is 0 Å². The smallest absolute Gasteiger partial charge is 0.253 e. The van der Waals surface area contributed by atoms with Crippen LogP contribution < -0.4 is 0 Å². The molecule has 29 heavy (non-hydrogen) atoms. The number of rotatable bonds is 7. The molecule has 0 aliphatic carbocycles. The lowest BCUT2D eigenvalue weighted by atomic mass is 10.0. The fraction of sp³-hybridized carbons (Fsp3) is 0.417. The molecule has 0 unspecified atom stereocenters. The first kappa shape index (κ1) is 21.1. The highest BCUT2D eigenvalue weighted by molar-refractivity contribution is 5.95. The molecule has 0 bridgehead atoms. The number of benzene rings is 2. The average Bonchev–Trinajstić information content (AvgIpc) is 2.80. The van der Waals surface area contributed by atoms with E-state index in [1.165, 1.54) is 0 Å². The van der Waals surface area contributed by atoms with Crippen LogP contribution in [0.5, 0.6) is 0 Å². The van der Waals surface area contributed by atoms with Gasteiger partial charge in [-0.3, -0.25) is 9.59 Å². The number of hydrogen-bond acceptors (Lipinski definition) is 3. The molecule has 0 aromatic heterocycles. The van der Waals surface area contributed by atoms with Gasteiger partial charge in [-0.1, -0.05) is 56.3 Å². The van der Waals surface area contributed by atoms with E-state index in [-0.39, 0.29) is 11.8 Å². The number of nitrogens with zero attached hydrogens (tertiary/aromatic N) is 3. The number of carbonyl (C=O) groups is 2. The van der Waals surface area contributed by atoms with E-state index in [0.717, 1.165) is 30.8 Å². The van der Waals surface area contributed by atoms with Crippen molar-refractivity contribution >= 4 is 11.8 Å². The molecule has 0 saturated carbocycles. The fourth-order valence-corrected chi connectivity index (χ4v) is 3.73. The van der Waals surface area contributed by atoms with Crippen LogP contribution in [0.1, 0.15) is 30.6 Å². The van der Waals surface area contributed by atoms with Gasteiger partial charge in [0.2, 0.25) is 5.91 Å². The summed E-state index contributed by atoms with van der Waals surface area (Å²) in [6.07, 6.45) is 0.552. The Morgan fingerprint density at radius 1 is 0.793 bits per heavy atom. The third-order valence-electron chi connectivity index (χ3n) is 5.69. The van der Waals surface area contributed by atoms with Gasteiger partial charge in [0, 0.05) is 44.7 Å². The topological polar surface area (TPSA) is 43.9 Å². The quantitative estimate of drug-likeness (QED) is 0.724. The van der Waals surface area contributed by atoms with E-state index in [2.05, 4.69) is 30.9 Å². The van der Waals surface area contributed by atoms with E-state index >= 15 is 0 Å². The Morgan fingerprint density at radius 3 is 1.93 bits per heavy atom. The highest BCUT2D eigenvalue weighted by Gasteiger charge is 2.24. The fourth-order valence-electron chi connectivity index (χ4n) is 3.73. The van der Waals surface area contributed by atoms with Gasteiger partial charge in [-0.05, 0) is 36.3 Å². The van der Waals surface area contributed by atoms with E-state index in [1.54, 1.807) is 0 Å². The summed E-state index contributed by atoms with van der Waals surface area (Å²) in [5.41, 5.74) is 2.94.